The molecule has 3 aromatic rings. The molecule has 0 bridgehead atoms. The molecule has 29 heavy (non-hydrogen) atoms. The smallest absolute Gasteiger partial charge is 0.251 e. The topological polar surface area (TPSA) is 63.1 Å². The SMILES string of the molecule is Cc1nc2cccnc2n1-c1cc(C(=O)NCC[C@H](C)N2CCCC2)ccc1Cl. The number of benzene rings is 1. The van der Waals surface area contributed by atoms with Gasteiger partial charge in [-0.25, -0.2) is 9.97 Å². The van der Waals surface area contributed by atoms with Crippen molar-refractivity contribution in [2.45, 2.75) is 39.2 Å². The van der Waals surface area contributed by atoms with Crippen LogP contribution >= 0.6 is 11.6 Å². The number of rotatable bonds is 6. The van der Waals surface area contributed by atoms with Crippen molar-refractivity contribution in [3.05, 3.63) is 52.9 Å². The monoisotopic (exact) mass is 411 g/mol. The van der Waals surface area contributed by atoms with Crippen LogP contribution in [0, 0.1) is 6.92 Å². The average molecular weight is 412 g/mol. The first-order valence-corrected chi connectivity index (χ1v) is 10.5. The van der Waals surface area contributed by atoms with Crippen LogP contribution < -0.4 is 5.32 Å². The molecule has 0 unspecified atom stereocenters. The van der Waals surface area contributed by atoms with Crippen LogP contribution in [0.5, 0.6) is 0 Å². The van der Waals surface area contributed by atoms with Gasteiger partial charge in [0.25, 0.3) is 5.91 Å². The minimum Gasteiger partial charge on any atom is -0.352 e. The average Bonchev–Trinajstić information content (AvgIpc) is 3.36. The standard InChI is InChI=1S/C22H26ClN5O/c1-15(27-12-3-4-13-27)9-11-25-22(29)17-7-8-18(23)20(14-17)28-16(2)26-19-6-5-10-24-21(19)28/h5-8,10,14-15H,3-4,9,11-13H2,1-2H3,(H,25,29)/t15-/m0/s1. The fourth-order valence-electron chi connectivity index (χ4n) is 4.00. The highest BCUT2D eigenvalue weighted by atomic mass is 35.5. The number of aromatic nitrogens is 3. The van der Waals surface area contributed by atoms with Crippen molar-refractivity contribution in [1.82, 2.24) is 24.8 Å². The lowest BCUT2D eigenvalue weighted by molar-refractivity contribution is 0.0949. The van der Waals surface area contributed by atoms with Crippen molar-refractivity contribution in [1.29, 1.82) is 0 Å². The number of carbonyl (C=O) groups is 1. The summed E-state index contributed by atoms with van der Waals surface area (Å²) in [5.41, 5.74) is 2.81. The highest BCUT2D eigenvalue weighted by Crippen LogP contribution is 2.27. The Morgan fingerprint density at radius 2 is 2.07 bits per heavy atom. The molecule has 0 radical (unpaired) electrons. The molecule has 1 N–H and O–H groups in total. The van der Waals surface area contributed by atoms with Crippen molar-refractivity contribution in [3.63, 3.8) is 0 Å². The molecule has 1 aliphatic heterocycles. The Balaban J connectivity index is 1.50. The summed E-state index contributed by atoms with van der Waals surface area (Å²) in [5, 5.41) is 3.60. The molecular formula is C22H26ClN5O. The lowest BCUT2D eigenvalue weighted by atomic mass is 10.1. The maximum atomic E-state index is 12.7. The molecule has 1 aliphatic rings. The molecule has 7 heteroatoms. The lowest BCUT2D eigenvalue weighted by Crippen LogP contribution is -2.34. The fourth-order valence-corrected chi connectivity index (χ4v) is 4.20. The number of nitrogens with one attached hydrogen (secondary N) is 1. The van der Waals surface area contributed by atoms with Gasteiger partial charge in [-0.1, -0.05) is 11.6 Å². The molecule has 1 amide bonds. The van der Waals surface area contributed by atoms with E-state index in [0.29, 0.717) is 28.9 Å². The van der Waals surface area contributed by atoms with Crippen LogP contribution in [-0.4, -0.2) is 51.0 Å². The van der Waals surface area contributed by atoms with Crippen molar-refractivity contribution < 1.29 is 4.79 Å². The van der Waals surface area contributed by atoms with Gasteiger partial charge < -0.3 is 10.2 Å². The van der Waals surface area contributed by atoms with Crippen molar-refractivity contribution in [2.24, 2.45) is 0 Å². The minimum absolute atomic E-state index is 0.0911. The van der Waals surface area contributed by atoms with Crippen LogP contribution in [0.15, 0.2) is 36.5 Å². The molecule has 0 saturated carbocycles. The molecule has 1 atom stereocenters. The van der Waals surface area contributed by atoms with Gasteiger partial charge in [0, 0.05) is 24.3 Å². The van der Waals surface area contributed by atoms with Gasteiger partial charge in [0.1, 0.15) is 11.3 Å². The molecule has 1 aromatic carbocycles. The number of likely N-dealkylation sites (tertiary alicyclic amines) is 1. The predicted molar refractivity (Wildman–Crippen MR) is 116 cm³/mol. The number of hydrogen-bond donors (Lipinski definition) is 1. The van der Waals surface area contributed by atoms with Gasteiger partial charge in [-0.3, -0.25) is 9.36 Å². The van der Waals surface area contributed by atoms with E-state index in [0.717, 1.165) is 23.4 Å². The number of aryl methyl sites for hydroxylation is 1. The van der Waals surface area contributed by atoms with E-state index in [4.69, 9.17) is 11.6 Å². The third-order valence-corrected chi connectivity index (χ3v) is 5.96. The Morgan fingerprint density at radius 1 is 1.28 bits per heavy atom. The number of nitrogens with zero attached hydrogens (tertiary/aromatic N) is 4. The molecule has 4 rings (SSSR count). The number of fused-ring (bicyclic) bond motifs is 1. The summed E-state index contributed by atoms with van der Waals surface area (Å²) in [4.78, 5) is 24.2. The zero-order valence-corrected chi connectivity index (χ0v) is 17.6. The highest BCUT2D eigenvalue weighted by molar-refractivity contribution is 6.32. The molecular weight excluding hydrogens is 386 g/mol. The maximum Gasteiger partial charge on any atom is 0.251 e. The minimum atomic E-state index is -0.0911. The largest absolute Gasteiger partial charge is 0.352 e. The second-order valence-corrected chi connectivity index (χ2v) is 8.05. The Morgan fingerprint density at radius 3 is 2.86 bits per heavy atom. The number of imidazole rings is 1. The van der Waals surface area contributed by atoms with E-state index in [9.17, 15) is 4.79 Å². The Kier molecular flexibility index (Phi) is 5.83. The molecule has 6 nitrogen and oxygen atoms in total. The number of halogens is 1. The van der Waals surface area contributed by atoms with Gasteiger partial charge in [-0.2, -0.15) is 0 Å². The fraction of sp³-hybridized carbons (Fsp3) is 0.409. The number of hydrogen-bond acceptors (Lipinski definition) is 4. The number of carbonyl (C=O) groups excluding carboxylic acids is 1. The van der Waals surface area contributed by atoms with Crippen LogP contribution in [0.3, 0.4) is 0 Å². The van der Waals surface area contributed by atoms with E-state index < -0.39 is 0 Å². The van der Waals surface area contributed by atoms with E-state index in [1.165, 1.54) is 25.9 Å². The van der Waals surface area contributed by atoms with Crippen LogP contribution in [-0.2, 0) is 0 Å². The first kappa shape index (κ1) is 19.9. The van der Waals surface area contributed by atoms with Crippen LogP contribution in [0.1, 0.15) is 42.4 Å². The third kappa shape index (κ3) is 4.14. The number of pyridine rings is 1. The first-order chi connectivity index (χ1) is 14.0. The lowest BCUT2D eigenvalue weighted by Gasteiger charge is -2.23. The van der Waals surface area contributed by atoms with E-state index in [-0.39, 0.29) is 5.91 Å². The predicted octanol–water partition coefficient (Wildman–Crippen LogP) is 3.99. The van der Waals surface area contributed by atoms with Gasteiger partial charge in [0.2, 0.25) is 0 Å². The first-order valence-electron chi connectivity index (χ1n) is 10.2. The summed E-state index contributed by atoms with van der Waals surface area (Å²) in [6, 6.07) is 9.58. The third-order valence-electron chi connectivity index (χ3n) is 5.64. The van der Waals surface area contributed by atoms with Crippen LogP contribution in [0.4, 0.5) is 0 Å². The highest BCUT2D eigenvalue weighted by Gasteiger charge is 2.19. The van der Waals surface area contributed by atoms with Crippen molar-refractivity contribution >= 4 is 28.7 Å². The van der Waals surface area contributed by atoms with Crippen LogP contribution in [0.2, 0.25) is 5.02 Å². The van der Waals surface area contributed by atoms with E-state index in [1.807, 2.05) is 29.7 Å². The second kappa shape index (κ2) is 8.51. The van der Waals surface area contributed by atoms with Gasteiger partial charge in [0.05, 0.1) is 10.7 Å². The van der Waals surface area contributed by atoms with E-state index in [1.54, 1.807) is 18.3 Å². The summed E-state index contributed by atoms with van der Waals surface area (Å²) in [7, 11) is 0. The van der Waals surface area contributed by atoms with E-state index in [2.05, 4.69) is 27.1 Å². The summed E-state index contributed by atoms with van der Waals surface area (Å²) < 4.78 is 1.89. The molecule has 1 fully saturated rings. The van der Waals surface area contributed by atoms with Gasteiger partial charge in [0.15, 0.2) is 5.65 Å². The molecule has 152 valence electrons. The molecule has 3 heterocycles. The summed E-state index contributed by atoms with van der Waals surface area (Å²) >= 11 is 6.47. The van der Waals surface area contributed by atoms with Crippen molar-refractivity contribution in [2.75, 3.05) is 19.6 Å². The maximum absolute atomic E-state index is 12.7. The molecule has 0 aliphatic carbocycles. The Bertz CT molecular complexity index is 1030. The Hall–Kier alpha value is -2.44. The van der Waals surface area contributed by atoms with Gasteiger partial charge in [-0.05, 0) is 76.5 Å². The zero-order valence-electron chi connectivity index (χ0n) is 16.9. The van der Waals surface area contributed by atoms with Crippen LogP contribution in [0.25, 0.3) is 16.9 Å². The summed E-state index contributed by atoms with van der Waals surface area (Å²) in [6.45, 7) is 7.13. The quantitative estimate of drug-likeness (QED) is 0.666. The summed E-state index contributed by atoms with van der Waals surface area (Å²) in [5.74, 6) is 0.684. The Labute approximate surface area is 175 Å². The van der Waals surface area contributed by atoms with E-state index >= 15 is 0 Å². The normalized spacial score (nSPS) is 15.7. The number of amides is 1. The molecule has 2 aromatic heterocycles. The zero-order chi connectivity index (χ0) is 20.4. The second-order valence-electron chi connectivity index (χ2n) is 7.64. The molecule has 1 saturated heterocycles. The molecule has 0 spiro atoms. The van der Waals surface area contributed by atoms with Gasteiger partial charge in [-0.15, -0.1) is 0 Å². The summed E-state index contributed by atoms with van der Waals surface area (Å²) in [6.07, 6.45) is 5.23. The van der Waals surface area contributed by atoms with Gasteiger partial charge >= 0.3 is 0 Å². The van der Waals surface area contributed by atoms with Crippen molar-refractivity contribution in [3.8, 4) is 5.69 Å².